The minimum Gasteiger partial charge on any atom is -0.365 e. The van der Waals surface area contributed by atoms with Crippen molar-refractivity contribution in [2.24, 2.45) is 5.73 Å². The molecule has 0 fully saturated rings. The van der Waals surface area contributed by atoms with E-state index in [1.165, 1.54) is 6.07 Å². The van der Waals surface area contributed by atoms with Gasteiger partial charge < -0.3 is 10.6 Å². The first-order valence-electron chi connectivity index (χ1n) is 6.50. The van der Waals surface area contributed by atoms with Crippen LogP contribution in [0.4, 0.5) is 10.1 Å². The van der Waals surface area contributed by atoms with Crippen LogP contribution in [0.5, 0.6) is 0 Å². The van der Waals surface area contributed by atoms with Gasteiger partial charge in [0, 0.05) is 18.6 Å². The molecule has 0 radical (unpaired) electrons. The van der Waals surface area contributed by atoms with Crippen LogP contribution < -0.4 is 10.6 Å². The number of nitrogens with zero attached hydrogens (tertiary/aromatic N) is 1. The minimum absolute atomic E-state index is 0.0260. The number of anilines is 1. The molecule has 2 nitrogen and oxygen atoms in total. The van der Waals surface area contributed by atoms with E-state index in [-0.39, 0.29) is 11.9 Å². The van der Waals surface area contributed by atoms with Crippen LogP contribution in [0.3, 0.4) is 0 Å². The van der Waals surface area contributed by atoms with Crippen LogP contribution in [0.1, 0.15) is 24.1 Å². The maximum atomic E-state index is 14.1. The average Bonchev–Trinajstić information content (AvgIpc) is 2.46. The molecule has 0 amide bonds. The number of nitrogens with two attached hydrogens (primary N) is 1. The Morgan fingerprint density at radius 2 is 1.95 bits per heavy atom. The number of benzene rings is 2. The first kappa shape index (κ1) is 14.8. The fourth-order valence-electron chi connectivity index (χ4n) is 2.19. The third kappa shape index (κ3) is 2.94. The zero-order valence-electron chi connectivity index (χ0n) is 11.6. The van der Waals surface area contributed by atoms with Gasteiger partial charge >= 0.3 is 0 Å². The first-order chi connectivity index (χ1) is 9.54. The monoisotopic (exact) mass is 292 g/mol. The largest absolute Gasteiger partial charge is 0.365 e. The van der Waals surface area contributed by atoms with Gasteiger partial charge in [-0.2, -0.15) is 0 Å². The Kier molecular flexibility index (Phi) is 4.63. The smallest absolute Gasteiger partial charge is 0.146 e. The SMILES string of the molecule is CC(c1ccccc1Cl)N(C)c1ccc(CN)cc1F. The summed E-state index contributed by atoms with van der Waals surface area (Å²) in [5.74, 6) is -0.269. The van der Waals surface area contributed by atoms with E-state index < -0.39 is 0 Å². The van der Waals surface area contributed by atoms with Crippen molar-refractivity contribution in [3.05, 3.63) is 64.4 Å². The highest BCUT2D eigenvalue weighted by Gasteiger charge is 2.17. The summed E-state index contributed by atoms with van der Waals surface area (Å²) in [6, 6.07) is 12.7. The molecule has 0 aliphatic rings. The van der Waals surface area contributed by atoms with Gasteiger partial charge in [0.15, 0.2) is 0 Å². The second-order valence-corrected chi connectivity index (χ2v) is 5.21. The van der Waals surface area contributed by atoms with Crippen LogP contribution in [-0.2, 0) is 6.54 Å². The zero-order valence-corrected chi connectivity index (χ0v) is 12.4. The second kappa shape index (κ2) is 6.25. The predicted octanol–water partition coefficient (Wildman–Crippen LogP) is 4.14. The molecule has 4 heteroatoms. The highest BCUT2D eigenvalue weighted by Crippen LogP contribution is 2.31. The van der Waals surface area contributed by atoms with Crippen LogP contribution in [0, 0.1) is 5.82 Å². The van der Waals surface area contributed by atoms with Crippen molar-refractivity contribution in [2.45, 2.75) is 19.5 Å². The predicted molar refractivity (Wildman–Crippen MR) is 82.6 cm³/mol. The van der Waals surface area contributed by atoms with Gasteiger partial charge in [-0.15, -0.1) is 0 Å². The van der Waals surface area contributed by atoms with Gasteiger partial charge in [-0.3, -0.25) is 0 Å². The van der Waals surface area contributed by atoms with Gasteiger partial charge in [-0.1, -0.05) is 35.9 Å². The molecule has 0 bridgehead atoms. The van der Waals surface area contributed by atoms with Crippen molar-refractivity contribution in [1.82, 2.24) is 0 Å². The lowest BCUT2D eigenvalue weighted by atomic mass is 10.1. The standard InChI is InChI=1S/C16H18ClFN2/c1-11(13-5-3-4-6-14(13)17)20(2)16-8-7-12(10-19)9-15(16)18/h3-9,11H,10,19H2,1-2H3. The van der Waals surface area contributed by atoms with E-state index in [0.29, 0.717) is 17.3 Å². The summed E-state index contributed by atoms with van der Waals surface area (Å²) < 4.78 is 14.1. The first-order valence-corrected chi connectivity index (χ1v) is 6.88. The molecule has 106 valence electrons. The second-order valence-electron chi connectivity index (χ2n) is 4.80. The normalized spacial score (nSPS) is 12.2. The van der Waals surface area contributed by atoms with Crippen LogP contribution >= 0.6 is 11.6 Å². The van der Waals surface area contributed by atoms with E-state index in [2.05, 4.69) is 0 Å². The number of rotatable bonds is 4. The Bertz CT molecular complexity index is 601. The lowest BCUT2D eigenvalue weighted by Gasteiger charge is -2.28. The summed E-state index contributed by atoms with van der Waals surface area (Å²) in [4.78, 5) is 1.87. The Balaban J connectivity index is 2.31. The molecule has 0 aromatic heterocycles. The van der Waals surface area contributed by atoms with Crippen LogP contribution in [0.2, 0.25) is 5.02 Å². The molecule has 0 aliphatic heterocycles. The average molecular weight is 293 g/mol. The summed E-state index contributed by atoms with van der Waals surface area (Å²) in [5.41, 5.74) is 7.81. The molecule has 0 saturated heterocycles. The Labute approximate surface area is 124 Å². The van der Waals surface area contributed by atoms with E-state index in [4.69, 9.17) is 17.3 Å². The molecular weight excluding hydrogens is 275 g/mol. The number of halogens is 2. The maximum Gasteiger partial charge on any atom is 0.146 e. The summed E-state index contributed by atoms with van der Waals surface area (Å²) in [5, 5.41) is 0.686. The van der Waals surface area contributed by atoms with Crippen molar-refractivity contribution in [1.29, 1.82) is 0 Å². The molecule has 0 spiro atoms. The van der Waals surface area contributed by atoms with Crippen molar-refractivity contribution in [3.8, 4) is 0 Å². The van der Waals surface area contributed by atoms with Crippen LogP contribution in [0.15, 0.2) is 42.5 Å². The third-order valence-electron chi connectivity index (χ3n) is 3.56. The van der Waals surface area contributed by atoms with Gasteiger partial charge in [-0.25, -0.2) is 4.39 Å². The van der Waals surface area contributed by atoms with E-state index in [9.17, 15) is 4.39 Å². The summed E-state index contributed by atoms with van der Waals surface area (Å²) >= 11 is 6.20. The Morgan fingerprint density at radius 3 is 2.55 bits per heavy atom. The number of hydrogen-bond donors (Lipinski definition) is 1. The Hall–Kier alpha value is -1.58. The van der Waals surface area contributed by atoms with Gasteiger partial charge in [0.25, 0.3) is 0 Å². The Morgan fingerprint density at radius 1 is 1.25 bits per heavy atom. The number of hydrogen-bond acceptors (Lipinski definition) is 2. The fraction of sp³-hybridized carbons (Fsp3) is 0.250. The third-order valence-corrected chi connectivity index (χ3v) is 3.91. The summed E-state index contributed by atoms with van der Waals surface area (Å²) in [6.07, 6.45) is 0. The van der Waals surface area contributed by atoms with E-state index in [0.717, 1.165) is 11.1 Å². The molecular formula is C16H18ClFN2. The quantitative estimate of drug-likeness (QED) is 0.918. The molecule has 2 N–H and O–H groups in total. The molecule has 1 atom stereocenters. The van der Waals surface area contributed by atoms with E-state index in [1.807, 2.05) is 49.2 Å². The van der Waals surface area contributed by atoms with Gasteiger partial charge in [-0.05, 0) is 36.2 Å². The van der Waals surface area contributed by atoms with Crippen LogP contribution in [-0.4, -0.2) is 7.05 Å². The summed E-state index contributed by atoms with van der Waals surface area (Å²) in [7, 11) is 1.86. The molecule has 2 aromatic carbocycles. The van der Waals surface area contributed by atoms with Crippen molar-refractivity contribution in [2.75, 3.05) is 11.9 Å². The van der Waals surface area contributed by atoms with Crippen molar-refractivity contribution >= 4 is 17.3 Å². The minimum atomic E-state index is -0.269. The molecule has 0 aliphatic carbocycles. The van der Waals surface area contributed by atoms with Crippen molar-refractivity contribution < 1.29 is 4.39 Å². The molecule has 20 heavy (non-hydrogen) atoms. The topological polar surface area (TPSA) is 29.3 Å². The van der Waals surface area contributed by atoms with Gasteiger partial charge in [0.05, 0.1) is 11.7 Å². The molecule has 0 saturated carbocycles. The molecule has 2 aromatic rings. The summed E-state index contributed by atoms with van der Waals surface area (Å²) in [6.45, 7) is 2.33. The van der Waals surface area contributed by atoms with Crippen LogP contribution in [0.25, 0.3) is 0 Å². The highest BCUT2D eigenvalue weighted by molar-refractivity contribution is 6.31. The van der Waals surface area contributed by atoms with Gasteiger partial charge in [0.2, 0.25) is 0 Å². The van der Waals surface area contributed by atoms with Gasteiger partial charge in [0.1, 0.15) is 5.82 Å². The van der Waals surface area contributed by atoms with E-state index in [1.54, 1.807) is 6.07 Å². The fourth-order valence-corrected chi connectivity index (χ4v) is 2.49. The molecule has 2 rings (SSSR count). The molecule has 1 unspecified atom stereocenters. The van der Waals surface area contributed by atoms with E-state index >= 15 is 0 Å². The molecule has 0 heterocycles. The van der Waals surface area contributed by atoms with Crippen molar-refractivity contribution in [3.63, 3.8) is 0 Å². The highest BCUT2D eigenvalue weighted by atomic mass is 35.5. The zero-order chi connectivity index (χ0) is 14.7. The lowest BCUT2D eigenvalue weighted by molar-refractivity contribution is 0.609. The maximum absolute atomic E-state index is 14.1. The lowest BCUT2D eigenvalue weighted by Crippen LogP contribution is -2.23.